The summed E-state index contributed by atoms with van der Waals surface area (Å²) < 4.78 is 12.1. The van der Waals surface area contributed by atoms with Gasteiger partial charge in [-0.25, -0.2) is 9.97 Å². The number of rotatable bonds is 3. The Kier molecular flexibility index (Phi) is 3.99. The zero-order valence-electron chi connectivity index (χ0n) is 14.0. The summed E-state index contributed by atoms with van der Waals surface area (Å²) in [5, 5.41) is 6.11. The minimum atomic E-state index is -0.239. The first-order chi connectivity index (χ1) is 13.3. The molecular formula is C19H13N3O3S2. The first-order valence-electron chi connectivity index (χ1n) is 8.29. The monoisotopic (exact) mass is 395 g/mol. The Balaban J connectivity index is 1.36. The molecule has 2 aromatic carbocycles. The number of hydrogen-bond acceptors (Lipinski definition) is 7. The van der Waals surface area contributed by atoms with Crippen molar-refractivity contribution in [1.29, 1.82) is 0 Å². The van der Waals surface area contributed by atoms with Crippen LogP contribution < -0.4 is 14.8 Å². The van der Waals surface area contributed by atoms with Gasteiger partial charge in [0.05, 0.1) is 10.2 Å². The molecule has 0 saturated carbocycles. The highest BCUT2D eigenvalue weighted by Crippen LogP contribution is 2.33. The molecule has 1 N–H and O–H groups in total. The summed E-state index contributed by atoms with van der Waals surface area (Å²) in [7, 11) is 0. The number of amides is 1. The molecule has 8 heteroatoms. The summed E-state index contributed by atoms with van der Waals surface area (Å²) in [4.78, 5) is 21.6. The maximum Gasteiger partial charge on any atom is 0.257 e. The molecule has 0 unspecified atom stereocenters. The summed E-state index contributed by atoms with van der Waals surface area (Å²) in [6, 6.07) is 13.1. The van der Waals surface area contributed by atoms with Gasteiger partial charge in [-0.15, -0.1) is 22.7 Å². The van der Waals surface area contributed by atoms with E-state index in [0.717, 1.165) is 20.9 Å². The normalized spacial score (nSPS) is 12.9. The van der Waals surface area contributed by atoms with Crippen LogP contribution in [0.5, 0.6) is 11.5 Å². The number of anilines is 1. The van der Waals surface area contributed by atoms with E-state index >= 15 is 0 Å². The zero-order chi connectivity index (χ0) is 18.2. The number of carbonyl (C=O) groups is 1. The Labute approximate surface area is 162 Å². The van der Waals surface area contributed by atoms with Crippen LogP contribution in [0.3, 0.4) is 0 Å². The lowest BCUT2D eigenvalue weighted by atomic mass is 10.2. The van der Waals surface area contributed by atoms with E-state index in [-0.39, 0.29) is 5.91 Å². The number of nitrogens with zero attached hydrogens (tertiary/aromatic N) is 2. The van der Waals surface area contributed by atoms with Crippen LogP contribution in [0.1, 0.15) is 10.4 Å². The SMILES string of the molecule is O=C(Nc1nc(-c2nc3ccccc3s2)cs1)c1ccc2c(c1)OCCO2. The Bertz CT molecular complexity index is 1120. The molecule has 1 amide bonds. The van der Waals surface area contributed by atoms with Crippen molar-refractivity contribution in [2.75, 3.05) is 18.5 Å². The number of benzene rings is 2. The number of hydrogen-bond donors (Lipinski definition) is 1. The summed E-state index contributed by atoms with van der Waals surface area (Å²) >= 11 is 2.96. The van der Waals surface area contributed by atoms with E-state index in [2.05, 4.69) is 15.3 Å². The predicted molar refractivity (Wildman–Crippen MR) is 106 cm³/mol. The quantitative estimate of drug-likeness (QED) is 0.555. The number of para-hydroxylation sites is 1. The highest BCUT2D eigenvalue weighted by atomic mass is 32.1. The number of fused-ring (bicyclic) bond motifs is 2. The fraction of sp³-hybridized carbons (Fsp3) is 0.105. The second-order valence-electron chi connectivity index (χ2n) is 5.84. The first-order valence-corrected chi connectivity index (χ1v) is 9.98. The highest BCUT2D eigenvalue weighted by molar-refractivity contribution is 7.22. The number of thiazole rings is 2. The van der Waals surface area contributed by atoms with E-state index < -0.39 is 0 Å². The molecule has 4 aromatic rings. The molecule has 0 bridgehead atoms. The van der Waals surface area contributed by atoms with Crippen LogP contribution in [-0.2, 0) is 0 Å². The van der Waals surface area contributed by atoms with Gasteiger partial charge >= 0.3 is 0 Å². The van der Waals surface area contributed by atoms with Crippen LogP contribution in [0.2, 0.25) is 0 Å². The molecule has 0 atom stereocenters. The third-order valence-electron chi connectivity index (χ3n) is 4.04. The summed E-state index contributed by atoms with van der Waals surface area (Å²) in [5.41, 5.74) is 2.21. The molecular weight excluding hydrogens is 382 g/mol. The second-order valence-corrected chi connectivity index (χ2v) is 7.73. The second kappa shape index (κ2) is 6.64. The van der Waals surface area contributed by atoms with Crippen LogP contribution in [0, 0.1) is 0 Å². The average Bonchev–Trinajstić information content (AvgIpc) is 3.34. The fourth-order valence-electron chi connectivity index (χ4n) is 2.77. The molecule has 0 saturated heterocycles. The minimum absolute atomic E-state index is 0.239. The molecule has 6 nitrogen and oxygen atoms in total. The molecule has 0 fully saturated rings. The minimum Gasteiger partial charge on any atom is -0.486 e. The fourth-order valence-corrected chi connectivity index (χ4v) is 4.46. The number of ether oxygens (including phenoxy) is 2. The van der Waals surface area contributed by atoms with E-state index in [4.69, 9.17) is 9.47 Å². The molecule has 1 aliphatic rings. The van der Waals surface area contributed by atoms with Crippen molar-refractivity contribution in [3.05, 3.63) is 53.4 Å². The number of aromatic nitrogens is 2. The van der Waals surface area contributed by atoms with Crippen molar-refractivity contribution in [3.8, 4) is 22.2 Å². The summed E-state index contributed by atoms with van der Waals surface area (Å²) in [6.45, 7) is 1.00. The Hall–Kier alpha value is -2.97. The van der Waals surface area contributed by atoms with Crippen molar-refractivity contribution in [2.24, 2.45) is 0 Å². The zero-order valence-corrected chi connectivity index (χ0v) is 15.6. The molecule has 2 aromatic heterocycles. The molecule has 5 rings (SSSR count). The largest absolute Gasteiger partial charge is 0.486 e. The van der Waals surface area contributed by atoms with Gasteiger partial charge in [0.1, 0.15) is 23.9 Å². The van der Waals surface area contributed by atoms with Crippen molar-refractivity contribution < 1.29 is 14.3 Å². The topological polar surface area (TPSA) is 73.3 Å². The molecule has 3 heterocycles. The molecule has 1 aliphatic heterocycles. The summed E-state index contributed by atoms with van der Waals surface area (Å²) in [6.07, 6.45) is 0. The Morgan fingerprint density at radius 1 is 1.04 bits per heavy atom. The standard InChI is InChI=1S/C19H13N3O3S2/c23-17(11-5-6-14-15(9-11)25-8-7-24-14)22-19-21-13(10-26-19)18-20-12-3-1-2-4-16(12)27-18/h1-6,9-10H,7-8H2,(H,21,22,23). The Morgan fingerprint density at radius 2 is 1.89 bits per heavy atom. The molecule has 134 valence electrons. The maximum absolute atomic E-state index is 12.5. The van der Waals surface area contributed by atoms with Gasteiger partial charge in [-0.1, -0.05) is 12.1 Å². The lowest BCUT2D eigenvalue weighted by Crippen LogP contribution is -2.17. The van der Waals surface area contributed by atoms with E-state index in [1.807, 2.05) is 29.6 Å². The predicted octanol–water partition coefficient (Wildman–Crippen LogP) is 4.44. The molecule has 0 spiro atoms. The van der Waals surface area contributed by atoms with Crippen LogP contribution >= 0.6 is 22.7 Å². The van der Waals surface area contributed by atoms with E-state index in [1.54, 1.807) is 29.5 Å². The van der Waals surface area contributed by atoms with Crippen molar-refractivity contribution in [2.45, 2.75) is 0 Å². The van der Waals surface area contributed by atoms with Gasteiger partial charge in [-0.05, 0) is 30.3 Å². The van der Waals surface area contributed by atoms with Crippen LogP contribution in [0.25, 0.3) is 20.9 Å². The first kappa shape index (κ1) is 16.2. The molecule has 0 aliphatic carbocycles. The highest BCUT2D eigenvalue weighted by Gasteiger charge is 2.16. The molecule has 0 radical (unpaired) electrons. The Morgan fingerprint density at radius 3 is 2.78 bits per heavy atom. The van der Waals surface area contributed by atoms with Crippen LogP contribution in [0.4, 0.5) is 5.13 Å². The van der Waals surface area contributed by atoms with Gasteiger partial charge in [0.15, 0.2) is 16.6 Å². The van der Waals surface area contributed by atoms with E-state index in [0.29, 0.717) is 35.4 Å². The van der Waals surface area contributed by atoms with Gasteiger partial charge < -0.3 is 9.47 Å². The third kappa shape index (κ3) is 3.13. The van der Waals surface area contributed by atoms with Crippen LogP contribution in [-0.4, -0.2) is 29.1 Å². The third-order valence-corrected chi connectivity index (χ3v) is 5.86. The van der Waals surface area contributed by atoms with Gasteiger partial charge in [-0.2, -0.15) is 0 Å². The van der Waals surface area contributed by atoms with E-state index in [1.165, 1.54) is 11.3 Å². The number of nitrogens with one attached hydrogen (secondary N) is 1. The molecule has 27 heavy (non-hydrogen) atoms. The van der Waals surface area contributed by atoms with Gasteiger partial charge in [-0.3, -0.25) is 10.1 Å². The van der Waals surface area contributed by atoms with Gasteiger partial charge in [0.2, 0.25) is 0 Å². The van der Waals surface area contributed by atoms with E-state index in [9.17, 15) is 4.79 Å². The van der Waals surface area contributed by atoms with Gasteiger partial charge in [0.25, 0.3) is 5.91 Å². The van der Waals surface area contributed by atoms with Crippen LogP contribution in [0.15, 0.2) is 47.8 Å². The van der Waals surface area contributed by atoms with Gasteiger partial charge in [0, 0.05) is 10.9 Å². The lowest BCUT2D eigenvalue weighted by Gasteiger charge is -2.18. The average molecular weight is 395 g/mol. The summed E-state index contributed by atoms with van der Waals surface area (Å²) in [5.74, 6) is 1.01. The smallest absolute Gasteiger partial charge is 0.257 e. The van der Waals surface area contributed by atoms with Crippen molar-refractivity contribution in [1.82, 2.24) is 9.97 Å². The van der Waals surface area contributed by atoms with Crippen molar-refractivity contribution in [3.63, 3.8) is 0 Å². The van der Waals surface area contributed by atoms with Crippen molar-refractivity contribution >= 4 is 43.9 Å². The number of carbonyl (C=O) groups excluding carboxylic acids is 1. The maximum atomic E-state index is 12.5. The lowest BCUT2D eigenvalue weighted by molar-refractivity contribution is 0.102.